The van der Waals surface area contributed by atoms with Crippen LogP contribution in [0, 0.1) is 0 Å². The zero-order valence-electron chi connectivity index (χ0n) is 14.3. The van der Waals surface area contributed by atoms with Crippen molar-refractivity contribution in [2.24, 2.45) is 0 Å². The summed E-state index contributed by atoms with van der Waals surface area (Å²) in [6.07, 6.45) is 14.0. The summed E-state index contributed by atoms with van der Waals surface area (Å²) in [5.41, 5.74) is 0. The molecule has 1 unspecified atom stereocenters. The van der Waals surface area contributed by atoms with Crippen molar-refractivity contribution in [3.05, 3.63) is 0 Å². The maximum Gasteiger partial charge on any atom is 0.466 e. The van der Waals surface area contributed by atoms with Crippen molar-refractivity contribution in [1.29, 1.82) is 0 Å². The van der Waals surface area contributed by atoms with E-state index in [1.165, 1.54) is 64.2 Å². The molecule has 6 heteroatoms. The van der Waals surface area contributed by atoms with Crippen LogP contribution in [0.5, 0.6) is 0 Å². The Morgan fingerprint density at radius 1 is 0.810 bits per heavy atom. The van der Waals surface area contributed by atoms with Crippen LogP contribution in [0.2, 0.25) is 0 Å². The van der Waals surface area contributed by atoms with Crippen molar-refractivity contribution in [1.82, 2.24) is 4.90 Å². The highest BCUT2D eigenvalue weighted by Crippen LogP contribution is 2.25. The lowest BCUT2D eigenvalue weighted by Gasteiger charge is -2.24. The molecule has 0 amide bonds. The van der Waals surface area contributed by atoms with Crippen LogP contribution in [0.4, 0.5) is 0 Å². The highest BCUT2D eigenvalue weighted by molar-refractivity contribution is 7.45. The van der Waals surface area contributed by atoms with Crippen LogP contribution in [0.1, 0.15) is 78.1 Å². The normalized spacial score (nSPS) is 13.0. The minimum atomic E-state index is -4.64. The Kier molecular flexibility index (Phi) is 16.7. The molecule has 0 saturated carbocycles. The average molecular weight is 325 g/mol. The molecule has 0 rings (SSSR count). The van der Waals surface area contributed by atoms with E-state index >= 15 is 0 Å². The maximum absolute atomic E-state index is 8.88. The van der Waals surface area contributed by atoms with E-state index in [4.69, 9.17) is 19.2 Å². The molecule has 0 aliphatic rings. The number of hydrogen-bond acceptors (Lipinski definition) is 2. The van der Waals surface area contributed by atoms with E-state index in [9.17, 15) is 0 Å². The van der Waals surface area contributed by atoms with Crippen molar-refractivity contribution < 1.29 is 19.2 Å². The van der Waals surface area contributed by atoms with Crippen molar-refractivity contribution in [2.45, 2.75) is 84.1 Å². The van der Waals surface area contributed by atoms with Crippen molar-refractivity contribution in [3.63, 3.8) is 0 Å². The monoisotopic (exact) mass is 325 g/mol. The summed E-state index contributed by atoms with van der Waals surface area (Å²) in [5, 5.41) is 0. The lowest BCUT2D eigenvalue weighted by atomic mass is 10.0. The molecule has 0 fully saturated rings. The molecule has 0 spiro atoms. The van der Waals surface area contributed by atoms with E-state index in [0.29, 0.717) is 0 Å². The van der Waals surface area contributed by atoms with Crippen LogP contribution in [0.15, 0.2) is 0 Å². The quantitative estimate of drug-likeness (QED) is 0.396. The Morgan fingerprint density at radius 3 is 1.52 bits per heavy atom. The van der Waals surface area contributed by atoms with Gasteiger partial charge in [0.15, 0.2) is 0 Å². The third kappa shape index (κ3) is 25.4. The lowest BCUT2D eigenvalue weighted by Crippen LogP contribution is -2.27. The summed E-state index contributed by atoms with van der Waals surface area (Å²) in [5.74, 6) is 0. The van der Waals surface area contributed by atoms with Gasteiger partial charge in [0.1, 0.15) is 0 Å². The van der Waals surface area contributed by atoms with E-state index < -0.39 is 7.82 Å². The molecule has 3 N–H and O–H groups in total. The topological polar surface area (TPSA) is 81.0 Å². The molecule has 21 heavy (non-hydrogen) atoms. The molecule has 0 aliphatic carbocycles. The van der Waals surface area contributed by atoms with Gasteiger partial charge in [0.2, 0.25) is 0 Å². The summed E-state index contributed by atoms with van der Waals surface area (Å²) < 4.78 is 8.88. The number of nitrogens with zero attached hydrogens (tertiary/aromatic N) is 1. The number of unbranched alkanes of at least 4 members (excludes halogenated alkanes) is 6. The Balaban J connectivity index is 0. The first-order valence-electron chi connectivity index (χ1n) is 8.17. The predicted octanol–water partition coefficient (Wildman–Crippen LogP) is 3.93. The first kappa shape index (κ1) is 23.3. The van der Waals surface area contributed by atoms with Crippen LogP contribution in [-0.4, -0.2) is 39.7 Å². The van der Waals surface area contributed by atoms with Gasteiger partial charge in [0.05, 0.1) is 0 Å². The molecule has 1 atom stereocenters. The van der Waals surface area contributed by atoms with Crippen LogP contribution in [0.25, 0.3) is 0 Å². The summed E-state index contributed by atoms with van der Waals surface area (Å²) in [7, 11) is -0.161. The molecule has 0 aliphatic heterocycles. The first-order chi connectivity index (χ1) is 9.72. The SMILES string of the molecule is CCCCCCCC(CCCCC)N(C)C.O=P(O)(O)O. The van der Waals surface area contributed by atoms with Gasteiger partial charge in [-0.3, -0.25) is 0 Å². The van der Waals surface area contributed by atoms with E-state index in [1.54, 1.807) is 0 Å². The first-order valence-corrected chi connectivity index (χ1v) is 9.73. The number of hydrogen-bond donors (Lipinski definition) is 3. The number of rotatable bonds is 11. The second kappa shape index (κ2) is 15.0. The van der Waals surface area contributed by atoms with Gasteiger partial charge in [0, 0.05) is 6.04 Å². The molecule has 0 heterocycles. The summed E-state index contributed by atoms with van der Waals surface area (Å²) >= 11 is 0. The fraction of sp³-hybridized carbons (Fsp3) is 1.00. The average Bonchev–Trinajstić information content (AvgIpc) is 2.34. The summed E-state index contributed by atoms with van der Waals surface area (Å²) in [6.45, 7) is 4.57. The van der Waals surface area contributed by atoms with Gasteiger partial charge in [-0.15, -0.1) is 0 Å². The molecule has 0 saturated heterocycles. The van der Waals surface area contributed by atoms with Crippen LogP contribution < -0.4 is 0 Å². The van der Waals surface area contributed by atoms with E-state index in [0.717, 1.165) is 6.04 Å². The third-order valence-corrected chi connectivity index (χ3v) is 3.51. The summed E-state index contributed by atoms with van der Waals surface area (Å²) in [4.78, 5) is 24.0. The fourth-order valence-electron chi connectivity index (χ4n) is 2.27. The molecule has 0 aromatic carbocycles. The molecule has 5 nitrogen and oxygen atoms in total. The molecule has 0 aromatic heterocycles. The van der Waals surface area contributed by atoms with Crippen LogP contribution in [0.3, 0.4) is 0 Å². The number of phosphoric acid groups is 1. The molecule has 130 valence electrons. The second-order valence-corrected chi connectivity index (χ2v) is 6.86. The van der Waals surface area contributed by atoms with Crippen LogP contribution >= 0.6 is 7.82 Å². The summed E-state index contributed by atoms with van der Waals surface area (Å²) in [6, 6.07) is 0.827. The molecule has 0 bridgehead atoms. The van der Waals surface area contributed by atoms with Gasteiger partial charge in [-0.25, -0.2) is 4.57 Å². The lowest BCUT2D eigenvalue weighted by molar-refractivity contribution is 0.252. The molecular formula is C15H36NO4P. The second-order valence-electron chi connectivity index (χ2n) is 5.83. The van der Waals surface area contributed by atoms with Gasteiger partial charge < -0.3 is 19.6 Å². The maximum atomic E-state index is 8.88. The smallest absolute Gasteiger partial charge is 0.306 e. The van der Waals surface area contributed by atoms with Gasteiger partial charge in [0.25, 0.3) is 0 Å². The van der Waals surface area contributed by atoms with Gasteiger partial charge in [-0.05, 0) is 26.9 Å². The molecule has 0 radical (unpaired) electrons. The zero-order chi connectivity index (χ0) is 16.7. The van der Waals surface area contributed by atoms with Crippen molar-refractivity contribution >= 4 is 7.82 Å². The van der Waals surface area contributed by atoms with Gasteiger partial charge in [-0.2, -0.15) is 0 Å². The van der Waals surface area contributed by atoms with Gasteiger partial charge >= 0.3 is 7.82 Å². The highest BCUT2D eigenvalue weighted by Gasteiger charge is 2.09. The van der Waals surface area contributed by atoms with E-state index in [-0.39, 0.29) is 0 Å². The van der Waals surface area contributed by atoms with Crippen LogP contribution in [-0.2, 0) is 4.57 Å². The zero-order valence-corrected chi connectivity index (χ0v) is 15.2. The van der Waals surface area contributed by atoms with E-state index in [2.05, 4.69) is 32.8 Å². The Bertz CT molecular complexity index is 248. The predicted molar refractivity (Wildman–Crippen MR) is 89.3 cm³/mol. The standard InChI is InChI=1S/C15H33N.H3O4P/c1-5-7-9-10-12-14-15(16(3)4)13-11-8-6-2;1-5(2,3)4/h15H,5-14H2,1-4H3;(H3,1,2,3,4). The fourth-order valence-corrected chi connectivity index (χ4v) is 2.27. The Labute approximate surface area is 131 Å². The van der Waals surface area contributed by atoms with Crippen molar-refractivity contribution in [3.8, 4) is 0 Å². The van der Waals surface area contributed by atoms with Crippen molar-refractivity contribution in [2.75, 3.05) is 14.1 Å². The minimum absolute atomic E-state index is 0.827. The van der Waals surface area contributed by atoms with E-state index in [1.807, 2.05) is 0 Å². The van der Waals surface area contributed by atoms with Gasteiger partial charge in [-0.1, -0.05) is 65.2 Å². The largest absolute Gasteiger partial charge is 0.466 e. The Morgan fingerprint density at radius 2 is 1.14 bits per heavy atom. The molecule has 0 aromatic rings. The third-order valence-electron chi connectivity index (χ3n) is 3.51. The Hall–Kier alpha value is 0.0700. The highest BCUT2D eigenvalue weighted by atomic mass is 31.2. The molecular weight excluding hydrogens is 289 g/mol. The minimum Gasteiger partial charge on any atom is -0.306 e.